The van der Waals surface area contributed by atoms with E-state index in [0.717, 1.165) is 21.6 Å². The fraction of sp³-hybridized carbons (Fsp3) is 0.189. The fourth-order valence-corrected chi connectivity index (χ4v) is 5.53. The van der Waals surface area contributed by atoms with Crippen LogP contribution in [0.4, 0.5) is 11.4 Å². The number of rotatable bonds is 12. The first-order valence-corrected chi connectivity index (χ1v) is 15.8. The molecule has 8 nitrogen and oxygen atoms in total. The molecule has 46 heavy (non-hydrogen) atoms. The van der Waals surface area contributed by atoms with Crippen LogP contribution in [0.25, 0.3) is 6.08 Å². The molecule has 1 atom stereocenters. The minimum Gasteiger partial charge on any atom is -0.478 e. The van der Waals surface area contributed by atoms with Crippen molar-refractivity contribution in [3.05, 3.63) is 131 Å². The Morgan fingerprint density at radius 1 is 0.826 bits per heavy atom. The predicted molar refractivity (Wildman–Crippen MR) is 184 cm³/mol. The minimum absolute atomic E-state index is 0.0778. The third-order valence-corrected chi connectivity index (χ3v) is 8.58. The number of carbonyl (C=O) groups is 4. The summed E-state index contributed by atoms with van der Waals surface area (Å²) in [6.45, 7) is 7.90. The quantitative estimate of drug-likeness (QED) is 0.0933. The van der Waals surface area contributed by atoms with E-state index in [9.17, 15) is 24.3 Å². The molecule has 236 valence electrons. The van der Waals surface area contributed by atoms with Gasteiger partial charge in [0.1, 0.15) is 5.70 Å². The number of hydrogen-bond acceptors (Lipinski definition) is 5. The normalized spacial score (nSPS) is 11.9. The Hall–Kier alpha value is -5.15. The molecular weight excluding hydrogens is 598 g/mol. The van der Waals surface area contributed by atoms with Gasteiger partial charge >= 0.3 is 5.97 Å². The molecule has 0 bridgehead atoms. The number of benzene rings is 4. The van der Waals surface area contributed by atoms with Crippen LogP contribution >= 0.6 is 11.8 Å². The van der Waals surface area contributed by atoms with Gasteiger partial charge in [-0.3, -0.25) is 14.4 Å². The van der Waals surface area contributed by atoms with E-state index in [1.54, 1.807) is 61.5 Å². The maximum Gasteiger partial charge on any atom is 0.335 e. The molecule has 4 aromatic rings. The molecular formula is C37H37N3O5S. The van der Waals surface area contributed by atoms with Gasteiger partial charge < -0.3 is 21.1 Å². The highest BCUT2D eigenvalue weighted by atomic mass is 32.2. The Bertz CT molecular complexity index is 1750. The third-order valence-electron chi connectivity index (χ3n) is 7.22. The molecule has 0 fully saturated rings. The van der Waals surface area contributed by atoms with E-state index in [1.165, 1.54) is 23.9 Å². The van der Waals surface area contributed by atoms with Gasteiger partial charge in [-0.25, -0.2) is 4.79 Å². The molecule has 0 radical (unpaired) electrons. The largest absolute Gasteiger partial charge is 0.478 e. The predicted octanol–water partition coefficient (Wildman–Crippen LogP) is 7.74. The zero-order valence-corrected chi connectivity index (χ0v) is 27.0. The fourth-order valence-electron chi connectivity index (χ4n) is 4.52. The Labute approximate surface area is 273 Å². The van der Waals surface area contributed by atoms with E-state index in [-0.39, 0.29) is 17.2 Å². The van der Waals surface area contributed by atoms with Crippen molar-refractivity contribution in [2.45, 2.75) is 50.2 Å². The summed E-state index contributed by atoms with van der Waals surface area (Å²) in [7, 11) is 0. The first-order valence-electron chi connectivity index (χ1n) is 14.9. The van der Waals surface area contributed by atoms with Gasteiger partial charge in [-0.15, -0.1) is 11.8 Å². The average molecular weight is 636 g/mol. The average Bonchev–Trinajstić information content (AvgIpc) is 3.04. The van der Waals surface area contributed by atoms with Crippen molar-refractivity contribution >= 4 is 52.9 Å². The number of amides is 3. The molecule has 0 aliphatic rings. The summed E-state index contributed by atoms with van der Waals surface area (Å²) in [6.07, 6.45) is 2.15. The molecule has 0 aliphatic heterocycles. The lowest BCUT2D eigenvalue weighted by atomic mass is 10.0. The third kappa shape index (κ3) is 9.18. The van der Waals surface area contributed by atoms with Crippen LogP contribution in [0.1, 0.15) is 70.5 Å². The maximum atomic E-state index is 13.6. The van der Waals surface area contributed by atoms with Crippen molar-refractivity contribution < 1.29 is 24.3 Å². The lowest BCUT2D eigenvalue weighted by molar-refractivity contribution is -0.116. The van der Waals surface area contributed by atoms with Crippen molar-refractivity contribution in [3.8, 4) is 0 Å². The van der Waals surface area contributed by atoms with Gasteiger partial charge in [0, 0.05) is 21.8 Å². The van der Waals surface area contributed by atoms with E-state index in [2.05, 4.69) is 29.8 Å². The second-order valence-electron chi connectivity index (χ2n) is 11.0. The van der Waals surface area contributed by atoms with Gasteiger partial charge in [0.15, 0.2) is 0 Å². The van der Waals surface area contributed by atoms with E-state index in [4.69, 9.17) is 0 Å². The summed E-state index contributed by atoms with van der Waals surface area (Å²) in [6, 6.07) is 28.2. The Morgan fingerprint density at radius 2 is 1.54 bits per heavy atom. The van der Waals surface area contributed by atoms with Gasteiger partial charge in [-0.2, -0.15) is 0 Å². The summed E-state index contributed by atoms with van der Waals surface area (Å²) in [5.41, 5.74) is 4.19. The molecule has 1 unspecified atom stereocenters. The van der Waals surface area contributed by atoms with Crippen LogP contribution in [0.5, 0.6) is 0 Å². The van der Waals surface area contributed by atoms with Crippen LogP contribution in [0.2, 0.25) is 0 Å². The van der Waals surface area contributed by atoms with Crippen LogP contribution in [0.15, 0.2) is 108 Å². The number of hydrogen-bond donors (Lipinski definition) is 4. The first-order chi connectivity index (χ1) is 22.0. The van der Waals surface area contributed by atoms with Gasteiger partial charge in [-0.05, 0) is 84.5 Å². The van der Waals surface area contributed by atoms with Gasteiger partial charge in [0.05, 0.1) is 10.8 Å². The van der Waals surface area contributed by atoms with Crippen LogP contribution in [0, 0.1) is 6.92 Å². The van der Waals surface area contributed by atoms with Crippen molar-refractivity contribution in [3.63, 3.8) is 0 Å². The van der Waals surface area contributed by atoms with Crippen molar-refractivity contribution in [2.75, 3.05) is 10.6 Å². The molecule has 0 spiro atoms. The van der Waals surface area contributed by atoms with Crippen LogP contribution in [-0.2, 0) is 9.59 Å². The van der Waals surface area contributed by atoms with Crippen molar-refractivity contribution in [1.29, 1.82) is 0 Å². The van der Waals surface area contributed by atoms with E-state index in [0.29, 0.717) is 29.3 Å². The maximum absolute atomic E-state index is 13.6. The molecule has 0 saturated heterocycles. The highest BCUT2D eigenvalue weighted by Gasteiger charge is 2.20. The van der Waals surface area contributed by atoms with Crippen LogP contribution in [0.3, 0.4) is 0 Å². The molecule has 0 aliphatic carbocycles. The summed E-state index contributed by atoms with van der Waals surface area (Å²) in [5, 5.41) is 17.4. The molecule has 0 saturated carbocycles. The van der Waals surface area contributed by atoms with Crippen LogP contribution in [-0.4, -0.2) is 34.0 Å². The number of aryl methyl sites for hydroxylation is 1. The van der Waals surface area contributed by atoms with Gasteiger partial charge in [-0.1, -0.05) is 75.4 Å². The summed E-state index contributed by atoms with van der Waals surface area (Å²) >= 11 is 1.33. The van der Waals surface area contributed by atoms with E-state index < -0.39 is 23.0 Å². The zero-order valence-electron chi connectivity index (χ0n) is 26.2. The minimum atomic E-state index is -1.07. The number of carboxylic acid groups (broad SMARTS) is 1. The molecule has 4 N–H and O–H groups in total. The Morgan fingerprint density at radius 3 is 2.20 bits per heavy atom. The first kappa shape index (κ1) is 33.7. The van der Waals surface area contributed by atoms with Crippen molar-refractivity contribution in [2.24, 2.45) is 0 Å². The number of carboxylic acids is 1. The van der Waals surface area contributed by atoms with Gasteiger partial charge in [0.2, 0.25) is 5.91 Å². The second kappa shape index (κ2) is 15.7. The van der Waals surface area contributed by atoms with Crippen molar-refractivity contribution in [1.82, 2.24) is 5.32 Å². The molecule has 9 heteroatoms. The highest BCUT2D eigenvalue weighted by molar-refractivity contribution is 8.00. The molecule has 0 heterocycles. The van der Waals surface area contributed by atoms with E-state index >= 15 is 0 Å². The standard InChI is InChI=1S/C37H37N3O5S/c1-5-33(36(43)39-31-21-28(37(44)45)17-14-24(31)4)46-30-13-9-12-29(22-30)38-35(42)32(40-34(41)27-10-7-6-8-11-27)20-25-15-18-26(19-16-25)23(2)3/h6-23,33H,5H2,1-4H3,(H,38,42)(H,39,43)(H,40,41)(H,44,45)/b32-20+. The summed E-state index contributed by atoms with van der Waals surface area (Å²) in [5.74, 6) is -1.89. The molecule has 4 aromatic carbocycles. The number of thioether (sulfide) groups is 1. The Balaban J connectivity index is 1.51. The SMILES string of the molecule is CCC(Sc1cccc(NC(=O)/C(=C\c2ccc(C(C)C)cc2)NC(=O)c2ccccc2)c1)C(=O)Nc1cc(C(=O)O)ccc1C. The van der Waals surface area contributed by atoms with E-state index in [1.807, 2.05) is 43.3 Å². The molecule has 3 amide bonds. The monoisotopic (exact) mass is 635 g/mol. The zero-order chi connectivity index (χ0) is 33.2. The Kier molecular flexibility index (Phi) is 11.5. The molecule has 4 rings (SSSR count). The number of anilines is 2. The topological polar surface area (TPSA) is 125 Å². The molecule has 0 aromatic heterocycles. The van der Waals surface area contributed by atoms with Crippen LogP contribution < -0.4 is 16.0 Å². The lowest BCUT2D eigenvalue weighted by Gasteiger charge is -2.17. The highest BCUT2D eigenvalue weighted by Crippen LogP contribution is 2.29. The smallest absolute Gasteiger partial charge is 0.335 e. The summed E-state index contributed by atoms with van der Waals surface area (Å²) in [4.78, 5) is 51.9. The number of carbonyl (C=O) groups excluding carboxylic acids is 3. The lowest BCUT2D eigenvalue weighted by Crippen LogP contribution is -2.30. The van der Waals surface area contributed by atoms with Gasteiger partial charge in [0.25, 0.3) is 11.8 Å². The summed E-state index contributed by atoms with van der Waals surface area (Å²) < 4.78 is 0. The second-order valence-corrected chi connectivity index (χ2v) is 12.3. The number of aromatic carboxylic acids is 1. The number of nitrogens with one attached hydrogen (secondary N) is 3.